The Labute approximate surface area is 107 Å². The highest BCUT2D eigenvalue weighted by Crippen LogP contribution is 2.18. The van der Waals surface area contributed by atoms with Crippen LogP contribution in [0.4, 0.5) is 5.69 Å². The normalized spacial score (nSPS) is 11.1. The van der Waals surface area contributed by atoms with E-state index in [1.807, 2.05) is 44.2 Å². The number of nitrogens with two attached hydrogens (primary N) is 1. The van der Waals surface area contributed by atoms with E-state index in [9.17, 15) is 0 Å². The van der Waals surface area contributed by atoms with E-state index in [4.69, 9.17) is 15.2 Å². The third-order valence-electron chi connectivity index (χ3n) is 2.47. The first-order valence-electron chi connectivity index (χ1n) is 6.06. The molecule has 0 unspecified atom stereocenters. The summed E-state index contributed by atoms with van der Waals surface area (Å²) in [5.74, 6) is 0.611. The zero-order valence-corrected chi connectivity index (χ0v) is 10.7. The van der Waals surface area contributed by atoms with Gasteiger partial charge in [-0.25, -0.2) is 4.98 Å². The van der Waals surface area contributed by atoms with Gasteiger partial charge >= 0.3 is 0 Å². The van der Waals surface area contributed by atoms with Crippen molar-refractivity contribution in [2.45, 2.75) is 20.0 Å². The van der Waals surface area contributed by atoms with Crippen molar-refractivity contribution in [2.75, 3.05) is 18.9 Å². The quantitative estimate of drug-likeness (QED) is 0.651. The summed E-state index contributed by atoms with van der Waals surface area (Å²) in [5, 5.41) is 1.01. The molecule has 0 aliphatic rings. The monoisotopic (exact) mass is 246 g/mol. The first-order chi connectivity index (χ1) is 8.65. The molecule has 0 radical (unpaired) electrons. The molecule has 0 fully saturated rings. The van der Waals surface area contributed by atoms with Gasteiger partial charge in [-0.1, -0.05) is 0 Å². The molecule has 0 saturated carbocycles. The van der Waals surface area contributed by atoms with Crippen LogP contribution in [0, 0.1) is 0 Å². The van der Waals surface area contributed by atoms with E-state index in [2.05, 4.69) is 4.98 Å². The summed E-state index contributed by atoms with van der Waals surface area (Å²) in [4.78, 5) is 4.40. The highest BCUT2D eigenvalue weighted by molar-refractivity contribution is 5.82. The number of aromatic nitrogens is 1. The molecule has 0 aliphatic carbocycles. The summed E-state index contributed by atoms with van der Waals surface area (Å²) in [6.45, 7) is 5.07. The van der Waals surface area contributed by atoms with Gasteiger partial charge in [-0.3, -0.25) is 0 Å². The van der Waals surface area contributed by atoms with Crippen molar-refractivity contribution < 1.29 is 9.47 Å². The lowest BCUT2D eigenvalue weighted by molar-refractivity contribution is 0.0543. The van der Waals surface area contributed by atoms with Crippen LogP contribution < -0.4 is 10.5 Å². The van der Waals surface area contributed by atoms with E-state index < -0.39 is 0 Å². The SMILES string of the molecule is CC(C)OCCOc1ccc2cc(N)ccc2n1. The third kappa shape index (κ3) is 3.34. The third-order valence-corrected chi connectivity index (χ3v) is 2.47. The van der Waals surface area contributed by atoms with Crippen LogP contribution in [0.1, 0.15) is 13.8 Å². The second kappa shape index (κ2) is 5.69. The molecular formula is C14H18N2O2. The fraction of sp³-hybridized carbons (Fsp3) is 0.357. The van der Waals surface area contributed by atoms with Gasteiger partial charge in [0, 0.05) is 17.1 Å². The van der Waals surface area contributed by atoms with Crippen molar-refractivity contribution >= 4 is 16.6 Å². The van der Waals surface area contributed by atoms with Crippen molar-refractivity contribution in [1.29, 1.82) is 0 Å². The van der Waals surface area contributed by atoms with Gasteiger partial charge in [0.1, 0.15) is 6.61 Å². The van der Waals surface area contributed by atoms with E-state index in [-0.39, 0.29) is 6.10 Å². The van der Waals surface area contributed by atoms with Crippen LogP contribution in [0.15, 0.2) is 30.3 Å². The molecule has 0 spiro atoms. The lowest BCUT2D eigenvalue weighted by atomic mass is 10.2. The minimum atomic E-state index is 0.223. The van der Waals surface area contributed by atoms with Crippen LogP contribution in [0.3, 0.4) is 0 Å². The molecule has 2 aromatic rings. The predicted molar refractivity (Wildman–Crippen MR) is 72.7 cm³/mol. The van der Waals surface area contributed by atoms with E-state index >= 15 is 0 Å². The number of rotatable bonds is 5. The molecule has 0 aliphatic heterocycles. The number of ether oxygens (including phenoxy) is 2. The first-order valence-corrected chi connectivity index (χ1v) is 6.06. The van der Waals surface area contributed by atoms with Crippen LogP contribution in [0.2, 0.25) is 0 Å². The number of nitrogen functional groups attached to an aromatic ring is 1. The fourth-order valence-electron chi connectivity index (χ4n) is 1.64. The Hall–Kier alpha value is -1.81. The minimum Gasteiger partial charge on any atom is -0.475 e. The molecule has 96 valence electrons. The maximum atomic E-state index is 5.71. The first kappa shape index (κ1) is 12.6. The summed E-state index contributed by atoms with van der Waals surface area (Å²) >= 11 is 0. The van der Waals surface area contributed by atoms with Crippen molar-refractivity contribution in [3.63, 3.8) is 0 Å². The molecule has 0 atom stereocenters. The lowest BCUT2D eigenvalue weighted by Crippen LogP contribution is -2.11. The van der Waals surface area contributed by atoms with E-state index in [1.165, 1.54) is 0 Å². The van der Waals surface area contributed by atoms with Gasteiger partial charge < -0.3 is 15.2 Å². The predicted octanol–water partition coefficient (Wildman–Crippen LogP) is 2.62. The number of benzene rings is 1. The Morgan fingerprint density at radius 3 is 2.78 bits per heavy atom. The second-order valence-electron chi connectivity index (χ2n) is 4.37. The summed E-state index contributed by atoms with van der Waals surface area (Å²) in [6, 6.07) is 9.42. The maximum absolute atomic E-state index is 5.71. The van der Waals surface area contributed by atoms with E-state index in [0.717, 1.165) is 16.6 Å². The molecular weight excluding hydrogens is 228 g/mol. The molecule has 4 nitrogen and oxygen atoms in total. The van der Waals surface area contributed by atoms with Crippen LogP contribution >= 0.6 is 0 Å². The molecule has 2 N–H and O–H groups in total. The molecule has 4 heteroatoms. The molecule has 1 aromatic heterocycles. The highest BCUT2D eigenvalue weighted by Gasteiger charge is 2.00. The van der Waals surface area contributed by atoms with Gasteiger partial charge in [0.2, 0.25) is 5.88 Å². The summed E-state index contributed by atoms with van der Waals surface area (Å²) in [7, 11) is 0. The van der Waals surface area contributed by atoms with Crippen molar-refractivity contribution in [2.24, 2.45) is 0 Å². The average molecular weight is 246 g/mol. The zero-order valence-electron chi connectivity index (χ0n) is 10.7. The molecule has 2 rings (SSSR count). The number of hydrogen-bond acceptors (Lipinski definition) is 4. The van der Waals surface area contributed by atoms with E-state index in [1.54, 1.807) is 0 Å². The number of nitrogens with zero attached hydrogens (tertiary/aromatic N) is 1. The summed E-state index contributed by atoms with van der Waals surface area (Å²) < 4.78 is 10.9. The molecule has 1 aromatic carbocycles. The van der Waals surface area contributed by atoms with Crippen molar-refractivity contribution in [3.05, 3.63) is 30.3 Å². The largest absolute Gasteiger partial charge is 0.475 e. The Morgan fingerprint density at radius 2 is 2.00 bits per heavy atom. The summed E-state index contributed by atoms with van der Waals surface area (Å²) in [5.41, 5.74) is 7.33. The van der Waals surface area contributed by atoms with Crippen molar-refractivity contribution in [1.82, 2.24) is 4.98 Å². The fourth-order valence-corrected chi connectivity index (χ4v) is 1.64. The van der Waals surface area contributed by atoms with Gasteiger partial charge in [0.25, 0.3) is 0 Å². The van der Waals surface area contributed by atoms with Crippen LogP contribution in [-0.2, 0) is 4.74 Å². The summed E-state index contributed by atoms with van der Waals surface area (Å²) in [6.07, 6.45) is 0.223. The number of anilines is 1. The standard InChI is InChI=1S/C14H18N2O2/c1-10(2)17-7-8-18-14-6-3-11-9-12(15)4-5-13(11)16-14/h3-6,9-10H,7-8,15H2,1-2H3. The Bertz CT molecular complexity index is 526. The molecule has 0 bridgehead atoms. The molecule has 0 amide bonds. The minimum absolute atomic E-state index is 0.223. The van der Waals surface area contributed by atoms with E-state index in [0.29, 0.717) is 19.1 Å². The van der Waals surface area contributed by atoms with Gasteiger partial charge in [-0.05, 0) is 38.1 Å². The Kier molecular flexibility index (Phi) is 3.99. The van der Waals surface area contributed by atoms with Crippen LogP contribution in [-0.4, -0.2) is 24.3 Å². The zero-order chi connectivity index (χ0) is 13.0. The highest BCUT2D eigenvalue weighted by atomic mass is 16.5. The van der Waals surface area contributed by atoms with Crippen LogP contribution in [0.5, 0.6) is 5.88 Å². The van der Waals surface area contributed by atoms with Gasteiger partial charge in [0.05, 0.1) is 18.2 Å². The second-order valence-corrected chi connectivity index (χ2v) is 4.37. The van der Waals surface area contributed by atoms with Gasteiger partial charge in [0.15, 0.2) is 0 Å². The Balaban J connectivity index is 1.99. The topological polar surface area (TPSA) is 57.4 Å². The van der Waals surface area contributed by atoms with Crippen molar-refractivity contribution in [3.8, 4) is 5.88 Å². The van der Waals surface area contributed by atoms with Gasteiger partial charge in [-0.2, -0.15) is 0 Å². The number of pyridine rings is 1. The molecule has 1 heterocycles. The van der Waals surface area contributed by atoms with Gasteiger partial charge in [-0.15, -0.1) is 0 Å². The molecule has 18 heavy (non-hydrogen) atoms. The van der Waals surface area contributed by atoms with Crippen LogP contribution in [0.25, 0.3) is 10.9 Å². The smallest absolute Gasteiger partial charge is 0.213 e. The number of hydrogen-bond donors (Lipinski definition) is 1. The number of fused-ring (bicyclic) bond motifs is 1. The molecule has 0 saturated heterocycles. The average Bonchev–Trinajstić information content (AvgIpc) is 2.34. The maximum Gasteiger partial charge on any atom is 0.213 e. The lowest BCUT2D eigenvalue weighted by Gasteiger charge is -2.09. The Morgan fingerprint density at radius 1 is 1.17 bits per heavy atom.